The van der Waals surface area contributed by atoms with E-state index in [1.165, 1.54) is 12.8 Å². The van der Waals surface area contributed by atoms with Crippen molar-refractivity contribution in [3.05, 3.63) is 18.6 Å². The van der Waals surface area contributed by atoms with Crippen LogP contribution in [0, 0.1) is 28.2 Å². The minimum absolute atomic E-state index is 0.257. The molecule has 1 unspecified atom stereocenters. The summed E-state index contributed by atoms with van der Waals surface area (Å²) in [6, 6.07) is 2.06. The highest BCUT2D eigenvalue weighted by molar-refractivity contribution is 5.87. The molecule has 5 rings (SSSR count). The second-order valence-electron chi connectivity index (χ2n) is 7.41. The minimum Gasteiger partial charge on any atom is -0.355 e. The highest BCUT2D eigenvalue weighted by Crippen LogP contribution is 2.76. The summed E-state index contributed by atoms with van der Waals surface area (Å²) in [5, 5.41) is 10.4. The van der Waals surface area contributed by atoms with Crippen molar-refractivity contribution in [1.29, 1.82) is 5.26 Å². The average molecular weight is 308 g/mol. The molecule has 1 saturated carbocycles. The van der Waals surface area contributed by atoms with Gasteiger partial charge >= 0.3 is 0 Å². The van der Waals surface area contributed by atoms with Crippen LogP contribution in [0.5, 0.6) is 0 Å². The molecule has 23 heavy (non-hydrogen) atoms. The maximum absolute atomic E-state index is 9.33. The van der Waals surface area contributed by atoms with E-state index >= 15 is 0 Å². The Morgan fingerprint density at radius 2 is 2.13 bits per heavy atom. The molecule has 2 aromatic rings. The fourth-order valence-corrected chi connectivity index (χ4v) is 5.56. The Hall–Kier alpha value is -2.29. The zero-order valence-electron chi connectivity index (χ0n) is 13.3. The lowest BCUT2D eigenvalue weighted by Crippen LogP contribution is -2.49. The van der Waals surface area contributed by atoms with E-state index in [4.69, 9.17) is 0 Å². The molecule has 1 N–H and O–H groups in total. The quantitative estimate of drug-likeness (QED) is 0.816. The van der Waals surface area contributed by atoms with E-state index in [2.05, 4.69) is 39.0 Å². The topological polar surface area (TPSA) is 71.8 Å². The summed E-state index contributed by atoms with van der Waals surface area (Å²) in [5.74, 6) is 1.73. The van der Waals surface area contributed by atoms with Gasteiger partial charge in [0.15, 0.2) is 6.19 Å². The number of nitriles is 1. The molecular weight excluding hydrogens is 288 g/mol. The van der Waals surface area contributed by atoms with Crippen LogP contribution in [0.2, 0.25) is 0 Å². The van der Waals surface area contributed by atoms with Crippen molar-refractivity contribution in [1.82, 2.24) is 19.9 Å². The third-order valence-corrected chi connectivity index (χ3v) is 6.94. The molecule has 3 fully saturated rings. The second-order valence-corrected chi connectivity index (χ2v) is 7.41. The molecule has 0 bridgehead atoms. The van der Waals surface area contributed by atoms with Crippen molar-refractivity contribution in [2.75, 3.05) is 31.1 Å². The van der Waals surface area contributed by atoms with Crippen molar-refractivity contribution in [3.63, 3.8) is 0 Å². The lowest BCUT2D eigenvalue weighted by molar-refractivity contribution is 0.145. The lowest BCUT2D eigenvalue weighted by atomic mass is 9.80. The molecule has 2 aromatic heterocycles. The largest absolute Gasteiger partial charge is 0.355 e. The maximum Gasteiger partial charge on any atom is 0.179 e. The molecule has 1 aliphatic carbocycles. The van der Waals surface area contributed by atoms with Gasteiger partial charge in [-0.15, -0.1) is 0 Å². The predicted molar refractivity (Wildman–Crippen MR) is 86.6 cm³/mol. The summed E-state index contributed by atoms with van der Waals surface area (Å²) in [6.07, 6.45) is 8.32. The lowest BCUT2D eigenvalue weighted by Gasteiger charge is -2.43. The molecule has 2 saturated heterocycles. The highest BCUT2D eigenvalue weighted by atomic mass is 15.3. The van der Waals surface area contributed by atoms with Crippen molar-refractivity contribution < 1.29 is 0 Å². The fraction of sp³-hybridized carbons (Fsp3) is 0.588. The Bertz CT molecular complexity index is 822. The van der Waals surface area contributed by atoms with E-state index in [1.54, 1.807) is 6.33 Å². The standard InChI is InChI=1S/C17H20N6/c1-12-16-3-6-22(10-18)8-17(12,16)9-23(7-4-16)15-13-2-5-19-14(13)20-11-21-15/h2,5,11-12H,3-4,6-9H2,1H3,(H,19,20,21)/t12?,16-,17+/m1/s1. The number of nitrogens with zero attached hydrogens (tertiary/aromatic N) is 5. The SMILES string of the molecule is CC1[C@]23CCN(C#N)C[C@]12CN(c1ncnc2[nH]ccc12)CC3. The van der Waals surface area contributed by atoms with Gasteiger partial charge in [-0.3, -0.25) is 0 Å². The number of H-pyrrole nitrogens is 1. The Kier molecular flexibility index (Phi) is 2.39. The zero-order chi connectivity index (χ0) is 15.7. The normalized spacial score (nSPS) is 35.6. The summed E-state index contributed by atoms with van der Waals surface area (Å²) in [4.78, 5) is 16.4. The maximum atomic E-state index is 9.33. The number of aromatic nitrogens is 3. The third-order valence-electron chi connectivity index (χ3n) is 6.94. The van der Waals surface area contributed by atoms with Crippen LogP contribution >= 0.6 is 0 Å². The Morgan fingerprint density at radius 1 is 1.26 bits per heavy atom. The summed E-state index contributed by atoms with van der Waals surface area (Å²) in [5.41, 5.74) is 1.61. The Balaban J connectivity index is 1.52. The number of fused-ring (bicyclic) bond motifs is 1. The number of likely N-dealkylation sites (tertiary alicyclic amines) is 1. The molecule has 2 aliphatic heterocycles. The summed E-state index contributed by atoms with van der Waals surface area (Å²) in [7, 11) is 0. The molecule has 0 aromatic carbocycles. The first-order valence-electron chi connectivity index (χ1n) is 8.38. The number of rotatable bonds is 1. The number of nitrogens with one attached hydrogen (secondary N) is 1. The molecular formula is C17H20N6. The Morgan fingerprint density at radius 3 is 3.00 bits per heavy atom. The van der Waals surface area contributed by atoms with Gasteiger partial charge in [0.05, 0.1) is 5.39 Å². The third kappa shape index (κ3) is 1.48. The van der Waals surface area contributed by atoms with Gasteiger partial charge in [0.25, 0.3) is 0 Å². The smallest absolute Gasteiger partial charge is 0.179 e. The van der Waals surface area contributed by atoms with Crippen LogP contribution in [0.1, 0.15) is 19.8 Å². The molecule has 0 spiro atoms. The van der Waals surface area contributed by atoms with Crippen molar-refractivity contribution in [3.8, 4) is 6.19 Å². The number of aromatic amines is 1. The summed E-state index contributed by atoms with van der Waals surface area (Å²) < 4.78 is 0. The summed E-state index contributed by atoms with van der Waals surface area (Å²) >= 11 is 0. The van der Waals surface area contributed by atoms with Crippen molar-refractivity contribution >= 4 is 16.9 Å². The van der Waals surface area contributed by atoms with E-state index < -0.39 is 0 Å². The van der Waals surface area contributed by atoms with Gasteiger partial charge in [-0.1, -0.05) is 6.92 Å². The van der Waals surface area contributed by atoms with Gasteiger partial charge in [-0.25, -0.2) is 9.97 Å². The van der Waals surface area contributed by atoms with Gasteiger partial charge in [0, 0.05) is 37.8 Å². The van der Waals surface area contributed by atoms with Crippen molar-refractivity contribution in [2.45, 2.75) is 19.8 Å². The molecule has 6 heteroatoms. The first-order chi connectivity index (χ1) is 11.2. The molecule has 3 aliphatic rings. The van der Waals surface area contributed by atoms with E-state index in [9.17, 15) is 5.26 Å². The number of hydrogen-bond donors (Lipinski definition) is 1. The first kappa shape index (κ1) is 13.2. The van der Waals surface area contributed by atoms with Crippen LogP contribution in [0.15, 0.2) is 18.6 Å². The van der Waals surface area contributed by atoms with E-state index in [1.807, 2.05) is 11.1 Å². The van der Waals surface area contributed by atoms with E-state index in [0.717, 1.165) is 43.0 Å². The van der Waals surface area contributed by atoms with Gasteiger partial charge in [-0.2, -0.15) is 5.26 Å². The monoisotopic (exact) mass is 308 g/mol. The van der Waals surface area contributed by atoms with Crippen LogP contribution in [0.25, 0.3) is 11.0 Å². The first-order valence-corrected chi connectivity index (χ1v) is 8.38. The predicted octanol–water partition coefficient (Wildman–Crippen LogP) is 1.98. The van der Waals surface area contributed by atoms with Gasteiger partial charge in [-0.05, 0) is 30.2 Å². The van der Waals surface area contributed by atoms with Gasteiger partial charge in [0.1, 0.15) is 17.8 Å². The molecule has 6 nitrogen and oxygen atoms in total. The van der Waals surface area contributed by atoms with E-state index in [-0.39, 0.29) is 5.41 Å². The fourth-order valence-electron chi connectivity index (χ4n) is 5.56. The molecule has 0 amide bonds. The molecule has 0 radical (unpaired) electrons. The number of hydrogen-bond acceptors (Lipinski definition) is 5. The summed E-state index contributed by atoms with van der Waals surface area (Å²) in [6.45, 7) is 6.27. The highest BCUT2D eigenvalue weighted by Gasteiger charge is 2.76. The average Bonchev–Trinajstić information content (AvgIpc) is 2.91. The van der Waals surface area contributed by atoms with E-state index in [0.29, 0.717) is 11.3 Å². The second kappa shape index (κ2) is 4.16. The van der Waals surface area contributed by atoms with Crippen LogP contribution in [-0.4, -0.2) is 46.0 Å². The van der Waals surface area contributed by atoms with Crippen LogP contribution in [0.4, 0.5) is 5.82 Å². The van der Waals surface area contributed by atoms with Gasteiger partial charge in [0.2, 0.25) is 0 Å². The molecule has 118 valence electrons. The van der Waals surface area contributed by atoms with Crippen LogP contribution in [0.3, 0.4) is 0 Å². The zero-order valence-corrected chi connectivity index (χ0v) is 13.3. The number of piperidine rings is 2. The van der Waals surface area contributed by atoms with Crippen LogP contribution in [-0.2, 0) is 0 Å². The van der Waals surface area contributed by atoms with Gasteiger partial charge < -0.3 is 14.8 Å². The minimum atomic E-state index is 0.257. The van der Waals surface area contributed by atoms with Crippen LogP contribution < -0.4 is 4.90 Å². The number of anilines is 1. The molecule has 4 heterocycles. The molecule has 3 atom stereocenters. The van der Waals surface area contributed by atoms with Crippen molar-refractivity contribution in [2.24, 2.45) is 16.7 Å². The Labute approximate surface area is 135 Å².